The van der Waals surface area contributed by atoms with Crippen LogP contribution in [0, 0.1) is 5.92 Å². The molecular formula is C24H24ClF3N2O2. The van der Waals surface area contributed by atoms with Crippen molar-refractivity contribution in [2.24, 2.45) is 5.92 Å². The molecule has 3 atom stereocenters. The molecule has 170 valence electrons. The number of hydrogen-bond donors (Lipinski definition) is 2. The molecule has 2 aromatic rings. The Balaban J connectivity index is 1.84. The van der Waals surface area contributed by atoms with Gasteiger partial charge in [0.15, 0.2) is 0 Å². The summed E-state index contributed by atoms with van der Waals surface area (Å²) in [7, 11) is 0. The van der Waals surface area contributed by atoms with E-state index in [9.17, 15) is 13.6 Å². The van der Waals surface area contributed by atoms with E-state index in [1.165, 1.54) is 6.08 Å². The summed E-state index contributed by atoms with van der Waals surface area (Å²) >= 11 is 6.52. The predicted octanol–water partition coefficient (Wildman–Crippen LogP) is 6.12. The third kappa shape index (κ3) is 4.36. The number of halogens is 4. The second kappa shape index (κ2) is 8.45. The Morgan fingerprint density at radius 3 is 2.72 bits per heavy atom. The van der Waals surface area contributed by atoms with Crippen LogP contribution in [0.5, 0.6) is 0 Å². The summed E-state index contributed by atoms with van der Waals surface area (Å²) < 4.78 is 43.8. The first kappa shape index (κ1) is 22.7. The number of nitrogens with one attached hydrogen (secondary N) is 1. The molecule has 1 aromatic heterocycles. The maximum atomic E-state index is 15.5. The quantitative estimate of drug-likeness (QED) is 0.524. The van der Waals surface area contributed by atoms with Crippen LogP contribution in [-0.4, -0.2) is 39.5 Å². The minimum atomic E-state index is -2.98. The van der Waals surface area contributed by atoms with Gasteiger partial charge in [-0.05, 0) is 25.0 Å². The van der Waals surface area contributed by atoms with Crippen molar-refractivity contribution in [1.82, 2.24) is 9.88 Å². The number of H-pyrrole nitrogens is 1. The van der Waals surface area contributed by atoms with Crippen LogP contribution in [0.15, 0.2) is 58.9 Å². The number of carboxylic acids is 1. The largest absolute Gasteiger partial charge is 0.478 e. The van der Waals surface area contributed by atoms with Crippen LogP contribution in [0.1, 0.15) is 37.6 Å². The highest BCUT2D eigenvalue weighted by atomic mass is 35.5. The van der Waals surface area contributed by atoms with Crippen molar-refractivity contribution in [1.29, 1.82) is 0 Å². The zero-order valence-electron chi connectivity index (χ0n) is 17.7. The molecule has 0 saturated heterocycles. The van der Waals surface area contributed by atoms with E-state index in [0.717, 1.165) is 29.5 Å². The van der Waals surface area contributed by atoms with Crippen LogP contribution in [0.4, 0.5) is 13.2 Å². The molecule has 2 heterocycles. The zero-order valence-corrected chi connectivity index (χ0v) is 18.5. The lowest BCUT2D eigenvalue weighted by Crippen LogP contribution is -2.48. The van der Waals surface area contributed by atoms with Crippen LogP contribution in [0.3, 0.4) is 0 Å². The minimum Gasteiger partial charge on any atom is -0.478 e. The Hall–Kier alpha value is -2.51. The average molecular weight is 465 g/mol. The van der Waals surface area contributed by atoms with Gasteiger partial charge in [-0.2, -0.15) is 0 Å². The summed E-state index contributed by atoms with van der Waals surface area (Å²) in [5.41, 5.74) is 2.67. The fraction of sp³-hybridized carbons (Fsp3) is 0.375. The van der Waals surface area contributed by atoms with Crippen LogP contribution in [0.25, 0.3) is 10.9 Å². The summed E-state index contributed by atoms with van der Waals surface area (Å²) in [6.07, 6.45) is 4.38. The predicted molar refractivity (Wildman–Crippen MR) is 118 cm³/mol. The highest BCUT2D eigenvalue weighted by Gasteiger charge is 2.43. The lowest BCUT2D eigenvalue weighted by Gasteiger charge is -2.43. The van der Waals surface area contributed by atoms with Crippen LogP contribution in [0.2, 0.25) is 0 Å². The third-order valence-corrected chi connectivity index (χ3v) is 6.39. The summed E-state index contributed by atoms with van der Waals surface area (Å²) in [5, 5.41) is 9.95. The molecule has 0 spiro atoms. The minimum absolute atomic E-state index is 0.0772. The van der Waals surface area contributed by atoms with E-state index in [0.29, 0.717) is 12.1 Å². The topological polar surface area (TPSA) is 56.3 Å². The van der Waals surface area contributed by atoms with Crippen molar-refractivity contribution in [3.8, 4) is 0 Å². The van der Waals surface area contributed by atoms with Gasteiger partial charge in [0, 0.05) is 58.6 Å². The van der Waals surface area contributed by atoms with Gasteiger partial charge in [0.2, 0.25) is 0 Å². The molecule has 0 bridgehead atoms. The molecule has 4 nitrogen and oxygen atoms in total. The molecular weight excluding hydrogens is 441 g/mol. The van der Waals surface area contributed by atoms with E-state index in [-0.39, 0.29) is 23.1 Å². The first-order valence-corrected chi connectivity index (χ1v) is 10.8. The number of hydrogen-bond acceptors (Lipinski definition) is 2. The van der Waals surface area contributed by atoms with E-state index in [1.54, 1.807) is 11.0 Å². The molecule has 32 heavy (non-hydrogen) atoms. The number of fused-ring (bicyclic) bond motifs is 3. The van der Waals surface area contributed by atoms with E-state index >= 15 is 4.39 Å². The summed E-state index contributed by atoms with van der Waals surface area (Å²) in [4.78, 5) is 15.8. The lowest BCUT2D eigenvalue weighted by molar-refractivity contribution is -0.131. The third-order valence-electron chi connectivity index (χ3n) is 6.06. The zero-order chi connectivity index (χ0) is 23.2. The van der Waals surface area contributed by atoms with Crippen LogP contribution < -0.4 is 0 Å². The van der Waals surface area contributed by atoms with Crippen molar-refractivity contribution in [3.05, 3.63) is 70.2 Å². The number of nitrogens with zero attached hydrogens (tertiary/aromatic N) is 1. The number of alkyl halides is 2. The highest BCUT2D eigenvalue weighted by molar-refractivity contribution is 6.32. The Morgan fingerprint density at radius 2 is 2.06 bits per heavy atom. The molecule has 0 radical (unpaired) electrons. The number of para-hydroxylation sites is 1. The van der Waals surface area contributed by atoms with E-state index in [1.807, 2.05) is 31.2 Å². The van der Waals surface area contributed by atoms with E-state index in [4.69, 9.17) is 16.7 Å². The first-order valence-electron chi connectivity index (χ1n) is 10.5. The maximum absolute atomic E-state index is 15.5. The van der Waals surface area contributed by atoms with Crippen LogP contribution >= 0.6 is 11.6 Å². The van der Waals surface area contributed by atoms with Gasteiger partial charge in [0.05, 0.1) is 12.6 Å². The van der Waals surface area contributed by atoms with Gasteiger partial charge in [-0.15, -0.1) is 0 Å². The number of carbonyl (C=O) groups is 1. The molecule has 8 heteroatoms. The molecule has 2 aliphatic rings. The number of aromatic nitrogens is 1. The second-order valence-corrected chi connectivity index (χ2v) is 9.07. The van der Waals surface area contributed by atoms with Gasteiger partial charge < -0.3 is 10.1 Å². The van der Waals surface area contributed by atoms with Gasteiger partial charge in [-0.1, -0.05) is 42.0 Å². The number of allylic oxidation sites excluding steroid dienone is 3. The van der Waals surface area contributed by atoms with Crippen LogP contribution in [-0.2, 0) is 11.2 Å². The smallest absolute Gasteiger partial charge is 0.327 e. The van der Waals surface area contributed by atoms with Gasteiger partial charge in [-0.25, -0.2) is 18.0 Å². The Bertz CT molecular complexity index is 1150. The fourth-order valence-corrected chi connectivity index (χ4v) is 5.14. The number of rotatable bonds is 5. The van der Waals surface area contributed by atoms with Crippen molar-refractivity contribution in [2.75, 3.05) is 6.54 Å². The molecule has 0 saturated carbocycles. The van der Waals surface area contributed by atoms with E-state index < -0.39 is 36.2 Å². The summed E-state index contributed by atoms with van der Waals surface area (Å²) in [5.74, 6) is -5.16. The second-order valence-electron chi connectivity index (χ2n) is 8.66. The van der Waals surface area contributed by atoms with Gasteiger partial charge >= 0.3 is 5.97 Å². The molecule has 0 amide bonds. The number of aliphatic carboxylic acids is 1. The molecule has 2 N–H and O–H groups in total. The average Bonchev–Trinajstić information content (AvgIpc) is 3.05. The molecule has 1 aliphatic heterocycles. The number of aromatic amines is 1. The molecule has 4 rings (SSSR count). The SMILES string of the molecule is C[C@@H]1Cc2c([nH]c3ccccc23)[C@@H](C2=C(F)CC(/C=C/C(=O)O)C=C2Cl)N1CC(C)(F)F. The molecule has 1 aromatic carbocycles. The first-order chi connectivity index (χ1) is 15.0. The Kier molecular flexibility index (Phi) is 5.98. The number of benzene rings is 1. The van der Waals surface area contributed by atoms with Crippen molar-refractivity contribution >= 4 is 28.5 Å². The van der Waals surface area contributed by atoms with Gasteiger partial charge in [0.25, 0.3) is 5.92 Å². The Labute approximate surface area is 189 Å². The van der Waals surface area contributed by atoms with E-state index in [2.05, 4.69) is 4.98 Å². The van der Waals surface area contributed by atoms with Crippen molar-refractivity contribution < 1.29 is 23.1 Å². The number of carboxylic acid groups (broad SMARTS) is 1. The van der Waals surface area contributed by atoms with Crippen molar-refractivity contribution in [2.45, 2.75) is 44.7 Å². The van der Waals surface area contributed by atoms with Gasteiger partial charge in [-0.3, -0.25) is 4.90 Å². The van der Waals surface area contributed by atoms with Gasteiger partial charge in [0.1, 0.15) is 5.83 Å². The normalized spacial score (nSPS) is 24.8. The summed E-state index contributed by atoms with van der Waals surface area (Å²) in [6.45, 7) is 2.17. The molecule has 1 unspecified atom stereocenters. The highest BCUT2D eigenvalue weighted by Crippen LogP contribution is 2.48. The molecule has 0 fully saturated rings. The summed E-state index contributed by atoms with van der Waals surface area (Å²) in [6, 6.07) is 6.59. The standard InChI is InChI=1S/C24H24ClF3N2O2/c1-13-9-16-15-5-3-4-6-19(15)29-22(16)23(30(13)12-24(2,27)28)21-17(25)10-14(11-18(21)26)7-8-20(31)32/h3-8,10,13-14,23,29H,9,11-12H2,1-2H3,(H,31,32)/b8-7+/t13-,14?,23-/m1/s1. The Morgan fingerprint density at radius 1 is 1.34 bits per heavy atom. The lowest BCUT2D eigenvalue weighted by atomic mass is 9.84. The van der Waals surface area contributed by atoms with Crippen molar-refractivity contribution in [3.63, 3.8) is 0 Å². The molecule has 1 aliphatic carbocycles. The maximum Gasteiger partial charge on any atom is 0.327 e. The fourth-order valence-electron chi connectivity index (χ4n) is 4.78. The monoisotopic (exact) mass is 464 g/mol.